The molecule has 0 radical (unpaired) electrons. The fourth-order valence-electron chi connectivity index (χ4n) is 3.69. The maximum absolute atomic E-state index is 3.57. The molecule has 1 heterocycles. The first-order valence-electron chi connectivity index (χ1n) is 7.19. The molecule has 3 rings (SSSR count). The lowest BCUT2D eigenvalue weighted by atomic mass is 9.73. The third-order valence-corrected chi connectivity index (χ3v) is 4.60. The second-order valence-corrected chi connectivity index (χ2v) is 5.81. The molecule has 1 fully saturated rings. The molecule has 17 heavy (non-hydrogen) atoms. The van der Waals surface area contributed by atoms with E-state index in [2.05, 4.69) is 30.4 Å². The molecule has 2 aliphatic rings. The van der Waals surface area contributed by atoms with Gasteiger partial charge in [-0.2, -0.15) is 0 Å². The third-order valence-electron chi connectivity index (χ3n) is 4.60. The largest absolute Gasteiger partial charge is 0.385 e. The lowest BCUT2D eigenvalue weighted by Crippen LogP contribution is -2.24. The zero-order valence-corrected chi connectivity index (χ0v) is 10.8. The molecule has 0 spiro atoms. The maximum Gasteiger partial charge on any atom is 0.0378 e. The predicted octanol–water partition coefficient (Wildman–Crippen LogP) is 4.47. The van der Waals surface area contributed by atoms with Gasteiger partial charge in [0.2, 0.25) is 0 Å². The minimum atomic E-state index is 0.826. The van der Waals surface area contributed by atoms with Gasteiger partial charge in [0.05, 0.1) is 0 Å². The van der Waals surface area contributed by atoms with Crippen LogP contribution in [-0.2, 0) is 0 Å². The minimum absolute atomic E-state index is 0.826. The molecule has 0 aromatic heterocycles. The molecule has 1 atom stereocenters. The highest BCUT2D eigenvalue weighted by Crippen LogP contribution is 2.42. The van der Waals surface area contributed by atoms with Crippen LogP contribution in [0.1, 0.15) is 55.6 Å². The van der Waals surface area contributed by atoms with Crippen molar-refractivity contribution in [1.82, 2.24) is 0 Å². The SMILES string of the molecule is Cc1ccc2c(c1)NCCC2C1CCCCC1. The Morgan fingerprint density at radius 2 is 1.88 bits per heavy atom. The first-order chi connectivity index (χ1) is 8.34. The van der Waals surface area contributed by atoms with Gasteiger partial charge in [0, 0.05) is 12.2 Å². The van der Waals surface area contributed by atoms with E-state index < -0.39 is 0 Å². The Morgan fingerprint density at radius 1 is 1.06 bits per heavy atom. The normalized spacial score (nSPS) is 25.1. The molecular formula is C16H23N. The molecule has 0 amide bonds. The smallest absolute Gasteiger partial charge is 0.0378 e. The summed E-state index contributed by atoms with van der Waals surface area (Å²) in [5, 5.41) is 3.57. The fraction of sp³-hybridized carbons (Fsp3) is 0.625. The van der Waals surface area contributed by atoms with Gasteiger partial charge in [0.15, 0.2) is 0 Å². The van der Waals surface area contributed by atoms with E-state index >= 15 is 0 Å². The Bertz CT molecular complexity index is 391. The van der Waals surface area contributed by atoms with E-state index in [1.54, 1.807) is 5.56 Å². The van der Waals surface area contributed by atoms with Crippen LogP contribution in [0.4, 0.5) is 5.69 Å². The third kappa shape index (κ3) is 2.20. The van der Waals surface area contributed by atoms with Crippen LogP contribution in [0.15, 0.2) is 18.2 Å². The summed E-state index contributed by atoms with van der Waals surface area (Å²) in [6.07, 6.45) is 8.62. The van der Waals surface area contributed by atoms with Crippen molar-refractivity contribution in [1.29, 1.82) is 0 Å². The Labute approximate surface area is 105 Å². The van der Waals surface area contributed by atoms with Gasteiger partial charge in [-0.3, -0.25) is 0 Å². The van der Waals surface area contributed by atoms with Crippen molar-refractivity contribution >= 4 is 5.69 Å². The van der Waals surface area contributed by atoms with E-state index in [4.69, 9.17) is 0 Å². The van der Waals surface area contributed by atoms with Gasteiger partial charge in [-0.15, -0.1) is 0 Å². The van der Waals surface area contributed by atoms with E-state index in [1.807, 2.05) is 0 Å². The molecule has 92 valence electrons. The van der Waals surface area contributed by atoms with Crippen LogP contribution in [0.25, 0.3) is 0 Å². The van der Waals surface area contributed by atoms with Crippen LogP contribution in [0.3, 0.4) is 0 Å². The van der Waals surface area contributed by atoms with Gasteiger partial charge in [-0.05, 0) is 55.2 Å². The van der Waals surface area contributed by atoms with E-state index in [-0.39, 0.29) is 0 Å². The van der Waals surface area contributed by atoms with Crippen molar-refractivity contribution in [3.05, 3.63) is 29.3 Å². The van der Waals surface area contributed by atoms with Crippen molar-refractivity contribution in [2.24, 2.45) is 5.92 Å². The Hall–Kier alpha value is -0.980. The average molecular weight is 229 g/mol. The van der Waals surface area contributed by atoms with Crippen LogP contribution in [0, 0.1) is 12.8 Å². The number of benzene rings is 1. The zero-order valence-electron chi connectivity index (χ0n) is 10.8. The molecule has 1 heteroatoms. The lowest BCUT2D eigenvalue weighted by Gasteiger charge is -2.35. The number of nitrogens with one attached hydrogen (secondary N) is 1. The van der Waals surface area contributed by atoms with Crippen molar-refractivity contribution in [3.63, 3.8) is 0 Å². The summed E-state index contributed by atoms with van der Waals surface area (Å²) in [4.78, 5) is 0. The van der Waals surface area contributed by atoms with E-state index in [9.17, 15) is 0 Å². The second kappa shape index (κ2) is 4.72. The first-order valence-corrected chi connectivity index (χ1v) is 7.19. The number of fused-ring (bicyclic) bond motifs is 1. The summed E-state index contributed by atoms with van der Waals surface area (Å²) in [6.45, 7) is 3.35. The van der Waals surface area contributed by atoms with E-state index in [1.165, 1.54) is 49.8 Å². The van der Waals surface area contributed by atoms with Crippen LogP contribution in [0.2, 0.25) is 0 Å². The highest BCUT2D eigenvalue weighted by atomic mass is 14.9. The quantitative estimate of drug-likeness (QED) is 0.749. The Kier molecular flexibility index (Phi) is 3.09. The lowest BCUT2D eigenvalue weighted by molar-refractivity contribution is 0.294. The molecule has 1 aromatic rings. The number of hydrogen-bond acceptors (Lipinski definition) is 1. The summed E-state index contributed by atoms with van der Waals surface area (Å²) in [7, 11) is 0. The summed E-state index contributed by atoms with van der Waals surface area (Å²) < 4.78 is 0. The van der Waals surface area contributed by atoms with Gasteiger partial charge in [-0.1, -0.05) is 31.4 Å². The van der Waals surface area contributed by atoms with Gasteiger partial charge >= 0.3 is 0 Å². The fourth-order valence-corrected chi connectivity index (χ4v) is 3.69. The average Bonchev–Trinajstić information content (AvgIpc) is 2.39. The Morgan fingerprint density at radius 3 is 2.71 bits per heavy atom. The monoisotopic (exact) mass is 229 g/mol. The number of aryl methyl sites for hydroxylation is 1. The summed E-state index contributed by atoms with van der Waals surface area (Å²) in [5.41, 5.74) is 4.38. The topological polar surface area (TPSA) is 12.0 Å². The van der Waals surface area contributed by atoms with Gasteiger partial charge in [0.25, 0.3) is 0 Å². The van der Waals surface area contributed by atoms with Crippen molar-refractivity contribution in [2.75, 3.05) is 11.9 Å². The van der Waals surface area contributed by atoms with E-state index in [0.717, 1.165) is 18.4 Å². The molecule has 1 unspecified atom stereocenters. The predicted molar refractivity (Wildman–Crippen MR) is 73.6 cm³/mol. The number of anilines is 1. The molecule has 1 aromatic carbocycles. The Balaban J connectivity index is 1.88. The van der Waals surface area contributed by atoms with Crippen molar-refractivity contribution in [2.45, 2.75) is 51.4 Å². The van der Waals surface area contributed by atoms with Crippen LogP contribution >= 0.6 is 0 Å². The number of hydrogen-bond donors (Lipinski definition) is 1. The standard InChI is InChI=1S/C16H23N/c1-12-7-8-15-14(9-10-17-16(15)11-12)13-5-3-2-4-6-13/h7-8,11,13-14,17H,2-6,9-10H2,1H3. The summed E-state index contributed by atoms with van der Waals surface area (Å²) >= 11 is 0. The highest BCUT2D eigenvalue weighted by molar-refractivity contribution is 5.56. The van der Waals surface area contributed by atoms with E-state index in [0.29, 0.717) is 0 Å². The summed E-state index contributed by atoms with van der Waals surface area (Å²) in [5.74, 6) is 1.78. The van der Waals surface area contributed by atoms with Crippen molar-refractivity contribution < 1.29 is 0 Å². The van der Waals surface area contributed by atoms with Gasteiger partial charge in [-0.25, -0.2) is 0 Å². The summed E-state index contributed by atoms with van der Waals surface area (Å²) in [6, 6.07) is 6.97. The molecule has 1 N–H and O–H groups in total. The molecule has 1 saturated carbocycles. The molecule has 0 bridgehead atoms. The van der Waals surface area contributed by atoms with Crippen LogP contribution < -0.4 is 5.32 Å². The molecule has 1 nitrogen and oxygen atoms in total. The zero-order chi connectivity index (χ0) is 11.7. The number of rotatable bonds is 1. The maximum atomic E-state index is 3.57. The highest BCUT2D eigenvalue weighted by Gasteiger charge is 2.28. The minimum Gasteiger partial charge on any atom is -0.385 e. The van der Waals surface area contributed by atoms with Gasteiger partial charge in [0.1, 0.15) is 0 Å². The van der Waals surface area contributed by atoms with Gasteiger partial charge < -0.3 is 5.32 Å². The van der Waals surface area contributed by atoms with Crippen LogP contribution in [0.5, 0.6) is 0 Å². The van der Waals surface area contributed by atoms with Crippen LogP contribution in [-0.4, -0.2) is 6.54 Å². The second-order valence-electron chi connectivity index (χ2n) is 5.81. The molecular weight excluding hydrogens is 206 g/mol. The first kappa shape index (κ1) is 11.1. The molecule has 0 saturated heterocycles. The molecule has 1 aliphatic carbocycles. The van der Waals surface area contributed by atoms with Crippen molar-refractivity contribution in [3.8, 4) is 0 Å². The molecule has 1 aliphatic heterocycles.